The number of rotatable bonds is 5. The highest BCUT2D eigenvalue weighted by atomic mass is 32.1. The van der Waals surface area contributed by atoms with Crippen molar-refractivity contribution in [1.29, 1.82) is 0 Å². The van der Waals surface area contributed by atoms with Gasteiger partial charge >= 0.3 is 12.3 Å². The molecular formula is C13H13F4NO2S. The molecule has 0 saturated carbocycles. The van der Waals surface area contributed by atoms with Crippen LogP contribution in [0.25, 0.3) is 0 Å². The second-order valence-corrected chi connectivity index (χ2v) is 5.19. The highest BCUT2D eigenvalue weighted by Gasteiger charge is 2.40. The van der Waals surface area contributed by atoms with E-state index in [0.29, 0.717) is 10.4 Å². The maximum atomic E-state index is 12.7. The average Bonchev–Trinajstić information content (AvgIpc) is 2.78. The number of carbonyl (C=O) groups is 1. The van der Waals surface area contributed by atoms with Crippen LogP contribution in [0.4, 0.5) is 17.6 Å². The van der Waals surface area contributed by atoms with E-state index in [2.05, 4.69) is 11.8 Å². The molecule has 2 N–H and O–H groups in total. The second-order valence-electron chi connectivity index (χ2n) is 4.14. The van der Waals surface area contributed by atoms with Gasteiger partial charge in [0.1, 0.15) is 0 Å². The van der Waals surface area contributed by atoms with Gasteiger partial charge in [0.25, 0.3) is 5.91 Å². The second kappa shape index (κ2) is 7.43. The molecule has 3 nitrogen and oxygen atoms in total. The molecular weight excluding hydrogens is 310 g/mol. The van der Waals surface area contributed by atoms with E-state index >= 15 is 0 Å². The molecule has 0 atom stereocenters. The molecule has 0 fully saturated rings. The summed E-state index contributed by atoms with van der Waals surface area (Å²) in [5.41, 5.74) is 0.677. The quantitative estimate of drug-likeness (QED) is 0.646. The Kier molecular flexibility index (Phi) is 6.18. The van der Waals surface area contributed by atoms with Crippen molar-refractivity contribution in [1.82, 2.24) is 5.32 Å². The number of aliphatic hydroxyl groups excluding tert-OH is 1. The van der Waals surface area contributed by atoms with Gasteiger partial charge in [-0.2, -0.15) is 8.78 Å². The lowest BCUT2D eigenvalue weighted by Gasteiger charge is -2.15. The minimum atomic E-state index is -4.26. The van der Waals surface area contributed by atoms with E-state index in [1.54, 1.807) is 12.2 Å². The molecule has 0 spiro atoms. The van der Waals surface area contributed by atoms with Gasteiger partial charge in [-0.05, 0) is 18.6 Å². The molecule has 0 radical (unpaired) electrons. The van der Waals surface area contributed by atoms with Gasteiger partial charge in [0.05, 0.1) is 22.9 Å². The number of amides is 1. The van der Waals surface area contributed by atoms with Crippen molar-refractivity contribution in [3.8, 4) is 11.8 Å². The zero-order valence-corrected chi connectivity index (χ0v) is 11.9. The molecule has 1 amide bonds. The van der Waals surface area contributed by atoms with Gasteiger partial charge in [0.15, 0.2) is 0 Å². The summed E-state index contributed by atoms with van der Waals surface area (Å²) in [6.07, 6.45) is -3.55. The van der Waals surface area contributed by atoms with Crippen molar-refractivity contribution in [2.75, 3.05) is 13.2 Å². The highest BCUT2D eigenvalue weighted by Crippen LogP contribution is 2.23. The fourth-order valence-electron chi connectivity index (χ4n) is 1.28. The summed E-state index contributed by atoms with van der Waals surface area (Å²) >= 11 is 0.977. The Balaban J connectivity index is 2.72. The van der Waals surface area contributed by atoms with E-state index in [1.165, 1.54) is 6.07 Å². The van der Waals surface area contributed by atoms with Crippen molar-refractivity contribution in [2.24, 2.45) is 0 Å². The maximum absolute atomic E-state index is 12.7. The summed E-state index contributed by atoms with van der Waals surface area (Å²) in [5.74, 6) is 0.309. The largest absolute Gasteiger partial charge is 0.395 e. The number of carbonyl (C=O) groups excluding carboxylic acids is 1. The number of halogens is 4. The van der Waals surface area contributed by atoms with Crippen LogP contribution in [-0.4, -0.2) is 36.5 Å². The Bertz CT molecular complexity index is 560. The predicted molar refractivity (Wildman–Crippen MR) is 70.9 cm³/mol. The Morgan fingerprint density at radius 2 is 2.19 bits per heavy atom. The number of alkyl halides is 4. The number of hydrogen-bond donors (Lipinski definition) is 2. The smallest absolute Gasteiger partial charge is 0.324 e. The Morgan fingerprint density at radius 3 is 2.76 bits per heavy atom. The van der Waals surface area contributed by atoms with Gasteiger partial charge in [-0.3, -0.25) is 4.79 Å². The fraction of sp³-hybridized carbons (Fsp3) is 0.462. The van der Waals surface area contributed by atoms with Crippen molar-refractivity contribution < 1.29 is 27.5 Å². The standard InChI is InChI=1S/C13H13F4NO2S/c1-8-6-10(21-9(8)4-2-3-5-19)11(20)18-7-13(16,17)12(14)15/h6,12,19H,3,5,7H2,1H3,(H,18,20). The molecule has 0 bridgehead atoms. The van der Waals surface area contributed by atoms with E-state index in [9.17, 15) is 22.4 Å². The van der Waals surface area contributed by atoms with Crippen LogP contribution in [0.1, 0.15) is 26.5 Å². The fourth-order valence-corrected chi connectivity index (χ4v) is 2.24. The van der Waals surface area contributed by atoms with Gasteiger partial charge in [0, 0.05) is 6.42 Å². The normalized spacial score (nSPS) is 11.2. The summed E-state index contributed by atoms with van der Waals surface area (Å²) in [4.78, 5) is 12.3. The van der Waals surface area contributed by atoms with E-state index in [0.717, 1.165) is 11.3 Å². The molecule has 1 heterocycles. The molecule has 1 aromatic heterocycles. The maximum Gasteiger partial charge on any atom is 0.324 e. The van der Waals surface area contributed by atoms with E-state index < -0.39 is 24.8 Å². The van der Waals surface area contributed by atoms with Crippen LogP contribution in [-0.2, 0) is 0 Å². The first-order chi connectivity index (χ1) is 9.77. The third kappa shape index (κ3) is 5.02. The van der Waals surface area contributed by atoms with Crippen LogP contribution in [0.2, 0.25) is 0 Å². The molecule has 116 valence electrons. The molecule has 1 aromatic rings. The third-order valence-electron chi connectivity index (χ3n) is 2.38. The van der Waals surface area contributed by atoms with E-state index in [4.69, 9.17) is 5.11 Å². The van der Waals surface area contributed by atoms with Gasteiger partial charge < -0.3 is 10.4 Å². The zero-order chi connectivity index (χ0) is 16.0. The molecule has 1 rings (SSSR count). The van der Waals surface area contributed by atoms with Crippen molar-refractivity contribution in [3.63, 3.8) is 0 Å². The number of hydrogen-bond acceptors (Lipinski definition) is 3. The third-order valence-corrected chi connectivity index (χ3v) is 3.54. The first kappa shape index (κ1) is 17.5. The minimum Gasteiger partial charge on any atom is -0.395 e. The minimum absolute atomic E-state index is 0.0898. The van der Waals surface area contributed by atoms with E-state index in [-0.39, 0.29) is 17.9 Å². The zero-order valence-electron chi connectivity index (χ0n) is 11.1. The molecule has 8 heteroatoms. The number of thiophene rings is 1. The summed E-state index contributed by atoms with van der Waals surface area (Å²) in [7, 11) is 0. The number of aliphatic hydroxyl groups is 1. The molecule has 0 aliphatic heterocycles. The molecule has 0 unspecified atom stereocenters. The first-order valence-electron chi connectivity index (χ1n) is 5.92. The Morgan fingerprint density at radius 1 is 1.52 bits per heavy atom. The lowest BCUT2D eigenvalue weighted by Crippen LogP contribution is -2.41. The Hall–Kier alpha value is -1.59. The molecule has 21 heavy (non-hydrogen) atoms. The van der Waals surface area contributed by atoms with Crippen LogP contribution in [0.3, 0.4) is 0 Å². The van der Waals surface area contributed by atoms with Crippen LogP contribution in [0.15, 0.2) is 6.07 Å². The molecule has 0 saturated heterocycles. The van der Waals surface area contributed by atoms with Crippen molar-refractivity contribution >= 4 is 17.2 Å². The lowest BCUT2D eigenvalue weighted by atomic mass is 10.2. The summed E-state index contributed by atoms with van der Waals surface area (Å²) in [5, 5.41) is 10.4. The van der Waals surface area contributed by atoms with Crippen molar-refractivity contribution in [2.45, 2.75) is 25.7 Å². The molecule has 0 aliphatic carbocycles. The van der Waals surface area contributed by atoms with Crippen molar-refractivity contribution in [3.05, 3.63) is 21.4 Å². The van der Waals surface area contributed by atoms with Gasteiger partial charge in [-0.15, -0.1) is 11.3 Å². The number of aryl methyl sites for hydroxylation is 1. The number of nitrogens with one attached hydrogen (secondary N) is 1. The first-order valence-corrected chi connectivity index (χ1v) is 6.74. The lowest BCUT2D eigenvalue weighted by molar-refractivity contribution is -0.123. The van der Waals surface area contributed by atoms with Crippen LogP contribution < -0.4 is 5.32 Å². The van der Waals surface area contributed by atoms with Gasteiger partial charge in [0.2, 0.25) is 0 Å². The molecule has 0 aliphatic rings. The predicted octanol–water partition coefficient (Wildman–Crippen LogP) is 2.42. The van der Waals surface area contributed by atoms with Crippen LogP contribution in [0.5, 0.6) is 0 Å². The van der Waals surface area contributed by atoms with Crippen LogP contribution in [0, 0.1) is 18.8 Å². The van der Waals surface area contributed by atoms with E-state index in [1.807, 2.05) is 0 Å². The topological polar surface area (TPSA) is 49.3 Å². The monoisotopic (exact) mass is 323 g/mol. The Labute approximate surface area is 123 Å². The molecule has 0 aromatic carbocycles. The summed E-state index contributed by atoms with van der Waals surface area (Å²) in [6, 6.07) is 1.45. The SMILES string of the molecule is Cc1cc(C(=O)NCC(F)(F)C(F)F)sc1C#CCCO. The highest BCUT2D eigenvalue weighted by molar-refractivity contribution is 7.14. The van der Waals surface area contributed by atoms with Gasteiger partial charge in [-0.1, -0.05) is 11.8 Å². The van der Waals surface area contributed by atoms with Crippen LogP contribution >= 0.6 is 11.3 Å². The average molecular weight is 323 g/mol. The van der Waals surface area contributed by atoms with Gasteiger partial charge in [-0.25, -0.2) is 8.78 Å². The summed E-state index contributed by atoms with van der Waals surface area (Å²) in [6.45, 7) is 0.170. The summed E-state index contributed by atoms with van der Waals surface area (Å²) < 4.78 is 49.3.